The van der Waals surface area contributed by atoms with Crippen molar-refractivity contribution in [3.8, 4) is 11.8 Å². The molecule has 0 heterocycles. The van der Waals surface area contributed by atoms with Gasteiger partial charge in [0.2, 0.25) is 0 Å². The van der Waals surface area contributed by atoms with Crippen molar-refractivity contribution in [2.75, 3.05) is 13.7 Å². The van der Waals surface area contributed by atoms with E-state index in [1.807, 2.05) is 6.07 Å². The Morgan fingerprint density at radius 3 is 2.68 bits per heavy atom. The van der Waals surface area contributed by atoms with Gasteiger partial charge in [-0.3, -0.25) is 4.79 Å². The maximum atomic E-state index is 11.6. The van der Waals surface area contributed by atoms with Gasteiger partial charge in [-0.1, -0.05) is 0 Å². The zero-order chi connectivity index (χ0) is 13.7. The third-order valence-electron chi connectivity index (χ3n) is 3.15. The van der Waals surface area contributed by atoms with Gasteiger partial charge >= 0.3 is 0 Å². The molecule has 1 aromatic carbocycles. The summed E-state index contributed by atoms with van der Waals surface area (Å²) in [5, 5.41) is 11.5. The van der Waals surface area contributed by atoms with Crippen LogP contribution in [0.4, 0.5) is 0 Å². The molecule has 0 aromatic heterocycles. The molecule has 0 aliphatic heterocycles. The summed E-state index contributed by atoms with van der Waals surface area (Å²) in [6.07, 6.45) is 1.99. The largest absolute Gasteiger partial charge is 0.484 e. The van der Waals surface area contributed by atoms with E-state index >= 15 is 0 Å². The SMILES string of the molecule is COC1CC(NC(=O)COc2ccc(C#N)cc2)C1. The highest BCUT2D eigenvalue weighted by atomic mass is 16.5. The Bertz CT molecular complexity index is 472. The first kappa shape index (κ1) is 13.4. The molecule has 2 rings (SSSR count). The zero-order valence-corrected chi connectivity index (χ0v) is 10.8. The number of nitrogens with zero attached hydrogens (tertiary/aromatic N) is 1. The quantitative estimate of drug-likeness (QED) is 0.864. The lowest BCUT2D eigenvalue weighted by Crippen LogP contribution is -2.48. The maximum absolute atomic E-state index is 11.6. The summed E-state index contributed by atoms with van der Waals surface area (Å²) in [4.78, 5) is 11.6. The fraction of sp³-hybridized carbons (Fsp3) is 0.429. The fourth-order valence-electron chi connectivity index (χ4n) is 1.92. The summed E-state index contributed by atoms with van der Waals surface area (Å²) in [6, 6.07) is 8.88. The lowest BCUT2D eigenvalue weighted by atomic mass is 9.89. The highest BCUT2D eigenvalue weighted by Gasteiger charge is 2.29. The molecule has 5 nitrogen and oxygen atoms in total. The van der Waals surface area contributed by atoms with Gasteiger partial charge in [0.25, 0.3) is 5.91 Å². The zero-order valence-electron chi connectivity index (χ0n) is 10.8. The van der Waals surface area contributed by atoms with Crippen LogP contribution in [0.5, 0.6) is 5.75 Å². The number of methoxy groups -OCH3 is 1. The third kappa shape index (κ3) is 3.70. The Kier molecular flexibility index (Phi) is 4.37. The Balaban J connectivity index is 1.70. The molecule has 1 aliphatic carbocycles. The predicted octanol–water partition coefficient (Wildman–Crippen LogP) is 1.23. The van der Waals surface area contributed by atoms with Gasteiger partial charge in [0, 0.05) is 13.2 Å². The van der Waals surface area contributed by atoms with E-state index in [4.69, 9.17) is 14.7 Å². The lowest BCUT2D eigenvalue weighted by molar-refractivity contribution is -0.125. The van der Waals surface area contributed by atoms with Crippen LogP contribution in [0.15, 0.2) is 24.3 Å². The molecule has 0 radical (unpaired) electrons. The molecule has 1 amide bonds. The molecule has 5 heteroatoms. The van der Waals surface area contributed by atoms with Crippen LogP contribution in [0.3, 0.4) is 0 Å². The van der Waals surface area contributed by atoms with Gasteiger partial charge in [-0.2, -0.15) is 5.26 Å². The highest BCUT2D eigenvalue weighted by Crippen LogP contribution is 2.22. The average molecular weight is 260 g/mol. The van der Waals surface area contributed by atoms with Crippen molar-refractivity contribution >= 4 is 5.91 Å². The Hall–Kier alpha value is -2.06. The van der Waals surface area contributed by atoms with Crippen molar-refractivity contribution in [2.24, 2.45) is 0 Å². The van der Waals surface area contributed by atoms with Gasteiger partial charge in [-0.25, -0.2) is 0 Å². The molecule has 1 saturated carbocycles. The number of rotatable bonds is 5. The van der Waals surface area contributed by atoms with Crippen molar-refractivity contribution in [3.05, 3.63) is 29.8 Å². The number of benzene rings is 1. The normalized spacial score (nSPS) is 21.1. The molecule has 1 N–H and O–H groups in total. The third-order valence-corrected chi connectivity index (χ3v) is 3.15. The van der Waals surface area contributed by atoms with Crippen LogP contribution in [0.2, 0.25) is 0 Å². The Labute approximate surface area is 112 Å². The summed E-state index contributed by atoms with van der Waals surface area (Å²) >= 11 is 0. The van der Waals surface area contributed by atoms with Crippen molar-refractivity contribution in [1.29, 1.82) is 5.26 Å². The molecule has 100 valence electrons. The second-order valence-corrected chi connectivity index (χ2v) is 4.52. The molecule has 19 heavy (non-hydrogen) atoms. The number of amides is 1. The first-order valence-corrected chi connectivity index (χ1v) is 6.16. The van der Waals surface area contributed by atoms with Crippen molar-refractivity contribution in [2.45, 2.75) is 25.0 Å². The van der Waals surface area contributed by atoms with Gasteiger partial charge in [0.05, 0.1) is 17.7 Å². The van der Waals surface area contributed by atoms with E-state index < -0.39 is 0 Å². The maximum Gasteiger partial charge on any atom is 0.258 e. The summed E-state index contributed by atoms with van der Waals surface area (Å²) in [6.45, 7) is -0.0138. The number of nitrogens with one attached hydrogen (secondary N) is 1. The standard InChI is InChI=1S/C14H16N2O3/c1-18-13-6-11(7-13)16-14(17)9-19-12-4-2-10(8-15)3-5-12/h2-5,11,13H,6-7,9H2,1H3,(H,16,17). The molecule has 0 bridgehead atoms. The second-order valence-electron chi connectivity index (χ2n) is 4.52. The molecular weight excluding hydrogens is 244 g/mol. The number of hydrogen-bond acceptors (Lipinski definition) is 4. The smallest absolute Gasteiger partial charge is 0.258 e. The summed E-state index contributed by atoms with van der Waals surface area (Å²) in [5.41, 5.74) is 0.567. The summed E-state index contributed by atoms with van der Waals surface area (Å²) in [5.74, 6) is 0.446. The van der Waals surface area contributed by atoms with Crippen LogP contribution in [-0.2, 0) is 9.53 Å². The van der Waals surface area contributed by atoms with Crippen LogP contribution in [0, 0.1) is 11.3 Å². The van der Waals surface area contributed by atoms with Crippen LogP contribution in [-0.4, -0.2) is 31.8 Å². The topological polar surface area (TPSA) is 71.3 Å². The first-order valence-electron chi connectivity index (χ1n) is 6.16. The minimum absolute atomic E-state index is 0.0138. The summed E-state index contributed by atoms with van der Waals surface area (Å²) < 4.78 is 10.5. The average Bonchev–Trinajstić information content (AvgIpc) is 2.40. The van der Waals surface area contributed by atoms with Crippen molar-refractivity contribution in [3.63, 3.8) is 0 Å². The van der Waals surface area contributed by atoms with E-state index in [1.165, 1.54) is 0 Å². The number of hydrogen-bond donors (Lipinski definition) is 1. The Morgan fingerprint density at radius 2 is 2.11 bits per heavy atom. The molecule has 0 atom stereocenters. The van der Waals surface area contributed by atoms with Gasteiger partial charge in [0.1, 0.15) is 5.75 Å². The molecule has 1 fully saturated rings. The predicted molar refractivity (Wildman–Crippen MR) is 68.6 cm³/mol. The molecule has 0 spiro atoms. The lowest BCUT2D eigenvalue weighted by Gasteiger charge is -2.34. The van der Waals surface area contributed by atoms with E-state index in [-0.39, 0.29) is 24.7 Å². The van der Waals surface area contributed by atoms with E-state index in [0.717, 1.165) is 12.8 Å². The fourth-order valence-corrected chi connectivity index (χ4v) is 1.92. The van der Waals surface area contributed by atoms with Gasteiger partial charge in [-0.15, -0.1) is 0 Å². The van der Waals surface area contributed by atoms with Gasteiger partial charge < -0.3 is 14.8 Å². The van der Waals surface area contributed by atoms with Crippen LogP contribution in [0.1, 0.15) is 18.4 Å². The monoisotopic (exact) mass is 260 g/mol. The Morgan fingerprint density at radius 1 is 1.42 bits per heavy atom. The molecule has 1 aromatic rings. The number of nitriles is 1. The van der Waals surface area contributed by atoms with Gasteiger partial charge in [-0.05, 0) is 37.1 Å². The van der Waals surface area contributed by atoms with Crippen LogP contribution >= 0.6 is 0 Å². The van der Waals surface area contributed by atoms with Gasteiger partial charge in [0.15, 0.2) is 6.61 Å². The second kappa shape index (κ2) is 6.21. The van der Waals surface area contributed by atoms with Crippen molar-refractivity contribution in [1.82, 2.24) is 5.32 Å². The molecule has 0 saturated heterocycles. The van der Waals surface area contributed by atoms with Crippen molar-refractivity contribution < 1.29 is 14.3 Å². The van der Waals surface area contributed by atoms with E-state index in [1.54, 1.807) is 31.4 Å². The first-order chi connectivity index (χ1) is 9.21. The number of carbonyl (C=O) groups excluding carboxylic acids is 1. The van der Waals surface area contributed by atoms with E-state index in [9.17, 15) is 4.79 Å². The summed E-state index contributed by atoms with van der Waals surface area (Å²) in [7, 11) is 1.68. The molecular formula is C14H16N2O3. The number of ether oxygens (including phenoxy) is 2. The number of carbonyl (C=O) groups is 1. The van der Waals surface area contributed by atoms with Crippen LogP contribution in [0.25, 0.3) is 0 Å². The molecule has 1 aliphatic rings. The van der Waals surface area contributed by atoms with E-state index in [2.05, 4.69) is 5.32 Å². The van der Waals surface area contributed by atoms with E-state index in [0.29, 0.717) is 11.3 Å². The highest BCUT2D eigenvalue weighted by molar-refractivity contribution is 5.78. The van der Waals surface area contributed by atoms with Crippen LogP contribution < -0.4 is 10.1 Å². The minimum atomic E-state index is -0.135. The molecule has 0 unspecified atom stereocenters. The minimum Gasteiger partial charge on any atom is -0.484 e.